The lowest BCUT2D eigenvalue weighted by molar-refractivity contribution is -0.118. The topological polar surface area (TPSA) is 58.2 Å². The van der Waals surface area contributed by atoms with Gasteiger partial charge in [-0.2, -0.15) is 0 Å². The van der Waals surface area contributed by atoms with Crippen molar-refractivity contribution in [1.29, 1.82) is 0 Å². The van der Waals surface area contributed by atoms with Crippen molar-refractivity contribution < 1.29 is 14.0 Å². The van der Waals surface area contributed by atoms with Gasteiger partial charge in [0.15, 0.2) is 0 Å². The molecule has 2 aromatic carbocycles. The highest BCUT2D eigenvalue weighted by Crippen LogP contribution is 2.24. The van der Waals surface area contributed by atoms with Crippen molar-refractivity contribution in [3.63, 3.8) is 0 Å². The van der Waals surface area contributed by atoms with Crippen molar-refractivity contribution in [3.8, 4) is 0 Å². The molecule has 1 atom stereocenters. The fraction of sp³-hybridized carbons (Fsp3) is 0.333. The van der Waals surface area contributed by atoms with Crippen LogP contribution >= 0.6 is 0 Å². The standard InChI is InChI=1S/C21H25FN2O2/c1-13(2)15-9-6-8-12-18(15)23-21(26)19(14(3)4)24-20(25)16-10-5-7-11-17(16)22/h5-14,19H,1-4H3,(H,23,26)(H,24,25). The first-order chi connectivity index (χ1) is 12.3. The van der Waals surface area contributed by atoms with Gasteiger partial charge in [-0.1, -0.05) is 58.0 Å². The fourth-order valence-corrected chi connectivity index (χ4v) is 2.72. The largest absolute Gasteiger partial charge is 0.340 e. The second kappa shape index (κ2) is 8.61. The Morgan fingerprint density at radius 1 is 0.923 bits per heavy atom. The summed E-state index contributed by atoms with van der Waals surface area (Å²) in [5.41, 5.74) is 1.66. The summed E-state index contributed by atoms with van der Waals surface area (Å²) >= 11 is 0. The Bertz CT molecular complexity index is 787. The van der Waals surface area contributed by atoms with Gasteiger partial charge in [0.25, 0.3) is 5.91 Å². The zero-order chi connectivity index (χ0) is 19.3. The summed E-state index contributed by atoms with van der Waals surface area (Å²) in [5, 5.41) is 5.55. The number of carbonyl (C=O) groups is 2. The third-order valence-corrected chi connectivity index (χ3v) is 4.19. The second-order valence-electron chi connectivity index (χ2n) is 6.91. The highest BCUT2D eigenvalue weighted by molar-refractivity contribution is 6.01. The highest BCUT2D eigenvalue weighted by atomic mass is 19.1. The first kappa shape index (κ1) is 19.6. The Hall–Kier alpha value is -2.69. The summed E-state index contributed by atoms with van der Waals surface area (Å²) in [5.74, 6) is -1.45. The van der Waals surface area contributed by atoms with Crippen molar-refractivity contribution in [1.82, 2.24) is 5.32 Å². The summed E-state index contributed by atoms with van der Waals surface area (Å²) < 4.78 is 13.8. The lowest BCUT2D eigenvalue weighted by atomic mass is 9.99. The Kier molecular flexibility index (Phi) is 6.50. The van der Waals surface area contributed by atoms with Crippen LogP contribution in [0.1, 0.15) is 49.5 Å². The third-order valence-electron chi connectivity index (χ3n) is 4.19. The van der Waals surface area contributed by atoms with Crippen molar-refractivity contribution in [2.24, 2.45) is 5.92 Å². The monoisotopic (exact) mass is 356 g/mol. The third kappa shape index (κ3) is 4.69. The summed E-state index contributed by atoms with van der Waals surface area (Å²) in [6.45, 7) is 7.76. The molecule has 26 heavy (non-hydrogen) atoms. The Morgan fingerprint density at radius 2 is 1.54 bits per heavy atom. The highest BCUT2D eigenvalue weighted by Gasteiger charge is 2.26. The smallest absolute Gasteiger partial charge is 0.254 e. The number of carbonyl (C=O) groups excluding carboxylic acids is 2. The van der Waals surface area contributed by atoms with E-state index in [2.05, 4.69) is 10.6 Å². The molecule has 4 nitrogen and oxygen atoms in total. The molecule has 0 spiro atoms. The maximum atomic E-state index is 13.8. The van der Waals surface area contributed by atoms with E-state index in [4.69, 9.17) is 0 Å². The first-order valence-corrected chi connectivity index (χ1v) is 8.76. The molecule has 0 aliphatic rings. The number of halogens is 1. The van der Waals surface area contributed by atoms with Crippen molar-refractivity contribution in [3.05, 3.63) is 65.5 Å². The van der Waals surface area contributed by atoms with E-state index in [0.717, 1.165) is 11.3 Å². The van der Waals surface area contributed by atoms with Crippen LogP contribution in [-0.4, -0.2) is 17.9 Å². The molecule has 0 fully saturated rings. The zero-order valence-corrected chi connectivity index (χ0v) is 15.5. The second-order valence-corrected chi connectivity index (χ2v) is 6.91. The molecule has 1 unspecified atom stereocenters. The van der Waals surface area contributed by atoms with Crippen LogP contribution in [-0.2, 0) is 4.79 Å². The van der Waals surface area contributed by atoms with Crippen LogP contribution in [0.15, 0.2) is 48.5 Å². The molecule has 138 valence electrons. The lowest BCUT2D eigenvalue weighted by Crippen LogP contribution is -2.47. The van der Waals surface area contributed by atoms with Crippen molar-refractivity contribution in [2.45, 2.75) is 39.7 Å². The van der Waals surface area contributed by atoms with Gasteiger partial charge in [0.1, 0.15) is 11.9 Å². The van der Waals surface area contributed by atoms with Gasteiger partial charge in [-0.3, -0.25) is 9.59 Å². The molecule has 0 saturated carbocycles. The first-order valence-electron chi connectivity index (χ1n) is 8.76. The average molecular weight is 356 g/mol. The minimum atomic E-state index is -0.776. The molecule has 5 heteroatoms. The maximum absolute atomic E-state index is 13.8. The van der Waals surface area contributed by atoms with Crippen LogP contribution in [0, 0.1) is 11.7 Å². The SMILES string of the molecule is CC(C)c1ccccc1NC(=O)C(NC(=O)c1ccccc1F)C(C)C. The van der Waals surface area contributed by atoms with Gasteiger partial charge in [0, 0.05) is 5.69 Å². The number of benzene rings is 2. The van der Waals surface area contributed by atoms with Crippen LogP contribution in [0.2, 0.25) is 0 Å². The van der Waals surface area contributed by atoms with E-state index in [-0.39, 0.29) is 23.3 Å². The van der Waals surface area contributed by atoms with Crippen LogP contribution in [0.4, 0.5) is 10.1 Å². The lowest BCUT2D eigenvalue weighted by Gasteiger charge is -2.23. The van der Waals surface area contributed by atoms with Gasteiger partial charge in [-0.25, -0.2) is 4.39 Å². The van der Waals surface area contributed by atoms with Gasteiger partial charge >= 0.3 is 0 Å². The van der Waals surface area contributed by atoms with E-state index in [1.807, 2.05) is 52.0 Å². The van der Waals surface area contributed by atoms with Crippen LogP contribution in [0.3, 0.4) is 0 Å². The van der Waals surface area contributed by atoms with E-state index in [9.17, 15) is 14.0 Å². The van der Waals surface area contributed by atoms with E-state index < -0.39 is 17.8 Å². The average Bonchev–Trinajstić information content (AvgIpc) is 2.59. The Labute approximate surface area is 153 Å². The number of para-hydroxylation sites is 1. The fourth-order valence-electron chi connectivity index (χ4n) is 2.72. The van der Waals surface area contributed by atoms with Crippen molar-refractivity contribution in [2.75, 3.05) is 5.32 Å². The van der Waals surface area contributed by atoms with Crippen LogP contribution < -0.4 is 10.6 Å². The van der Waals surface area contributed by atoms with E-state index in [1.165, 1.54) is 18.2 Å². The van der Waals surface area contributed by atoms with E-state index in [0.29, 0.717) is 0 Å². The molecule has 2 rings (SSSR count). The predicted octanol–water partition coefficient (Wildman–Crippen LogP) is 4.34. The van der Waals surface area contributed by atoms with Crippen LogP contribution in [0.5, 0.6) is 0 Å². The number of amides is 2. The number of rotatable bonds is 6. The summed E-state index contributed by atoms with van der Waals surface area (Å²) in [4.78, 5) is 25.1. The summed E-state index contributed by atoms with van der Waals surface area (Å²) in [7, 11) is 0. The van der Waals surface area contributed by atoms with Crippen LogP contribution in [0.25, 0.3) is 0 Å². The maximum Gasteiger partial charge on any atom is 0.254 e. The van der Waals surface area contributed by atoms with E-state index in [1.54, 1.807) is 6.07 Å². The Morgan fingerprint density at radius 3 is 2.15 bits per heavy atom. The minimum Gasteiger partial charge on any atom is -0.340 e. The molecule has 2 amide bonds. The summed E-state index contributed by atoms with van der Waals surface area (Å²) in [6, 6.07) is 12.5. The van der Waals surface area contributed by atoms with Gasteiger partial charge in [-0.05, 0) is 35.6 Å². The zero-order valence-electron chi connectivity index (χ0n) is 15.5. The number of hydrogen-bond acceptors (Lipinski definition) is 2. The number of anilines is 1. The molecule has 0 aliphatic heterocycles. The van der Waals surface area contributed by atoms with Gasteiger partial charge in [0.2, 0.25) is 5.91 Å². The van der Waals surface area contributed by atoms with Gasteiger partial charge in [-0.15, -0.1) is 0 Å². The predicted molar refractivity (Wildman–Crippen MR) is 102 cm³/mol. The summed E-state index contributed by atoms with van der Waals surface area (Å²) in [6.07, 6.45) is 0. The number of nitrogens with one attached hydrogen (secondary N) is 2. The number of hydrogen-bond donors (Lipinski definition) is 2. The molecule has 2 N–H and O–H groups in total. The van der Waals surface area contributed by atoms with Crippen molar-refractivity contribution >= 4 is 17.5 Å². The molecular formula is C21H25FN2O2. The molecule has 0 aromatic heterocycles. The molecule has 0 saturated heterocycles. The van der Waals surface area contributed by atoms with E-state index >= 15 is 0 Å². The molecule has 0 aliphatic carbocycles. The molecule has 0 radical (unpaired) electrons. The van der Waals surface area contributed by atoms with Gasteiger partial charge < -0.3 is 10.6 Å². The molecule has 0 heterocycles. The normalized spacial score (nSPS) is 12.1. The molecular weight excluding hydrogens is 331 g/mol. The minimum absolute atomic E-state index is 0.0754. The molecule has 2 aromatic rings. The Balaban J connectivity index is 2.18. The van der Waals surface area contributed by atoms with Gasteiger partial charge in [0.05, 0.1) is 5.56 Å². The molecule has 0 bridgehead atoms. The quantitative estimate of drug-likeness (QED) is 0.809.